The molecule has 1 aromatic heterocycles. The van der Waals surface area contributed by atoms with Crippen LogP contribution in [0.4, 0.5) is 0 Å². The molecule has 3 aromatic rings. The number of benzene rings is 2. The van der Waals surface area contributed by atoms with E-state index < -0.39 is 0 Å². The van der Waals surface area contributed by atoms with E-state index in [1.807, 2.05) is 54.6 Å². The van der Waals surface area contributed by atoms with Gasteiger partial charge in [-0.25, -0.2) is 5.43 Å². The molecule has 0 saturated carbocycles. The number of hydrogen-bond acceptors (Lipinski definition) is 2. The first-order valence-electron chi connectivity index (χ1n) is 6.40. The molecule has 0 fully saturated rings. The molecule has 0 aliphatic heterocycles. The number of fused-ring (bicyclic) bond motifs is 1. The van der Waals surface area contributed by atoms with Crippen LogP contribution in [-0.2, 0) is 0 Å². The molecule has 2 N–H and O–H groups in total. The van der Waals surface area contributed by atoms with Gasteiger partial charge in [0.1, 0.15) is 5.69 Å². The fraction of sp³-hybridized carbons (Fsp3) is 0. The van der Waals surface area contributed by atoms with E-state index in [4.69, 9.17) is 11.6 Å². The van der Waals surface area contributed by atoms with Crippen LogP contribution in [0.3, 0.4) is 0 Å². The van der Waals surface area contributed by atoms with E-state index in [1.165, 1.54) is 0 Å². The molecule has 104 valence electrons. The fourth-order valence-corrected chi connectivity index (χ4v) is 2.32. The normalized spacial score (nSPS) is 11.1. The molecule has 4 nitrogen and oxygen atoms in total. The van der Waals surface area contributed by atoms with E-state index in [1.54, 1.807) is 6.21 Å². The maximum atomic E-state index is 12.1. The second kappa shape index (κ2) is 5.81. The Hall–Kier alpha value is -2.59. The summed E-state index contributed by atoms with van der Waals surface area (Å²) < 4.78 is 0. The third kappa shape index (κ3) is 2.80. The SMILES string of the molecule is O=C(NN=Cc1ccccc1)c1[nH]c2ccccc2c1Cl. The number of hydrazone groups is 1. The van der Waals surface area contributed by atoms with Crippen LogP contribution in [0, 0.1) is 0 Å². The number of aromatic nitrogens is 1. The zero-order valence-corrected chi connectivity index (χ0v) is 11.8. The minimum atomic E-state index is -0.372. The molecule has 0 aliphatic rings. The lowest BCUT2D eigenvalue weighted by atomic mass is 10.2. The number of aromatic amines is 1. The van der Waals surface area contributed by atoms with Crippen molar-refractivity contribution < 1.29 is 4.79 Å². The van der Waals surface area contributed by atoms with Crippen LogP contribution >= 0.6 is 11.6 Å². The predicted molar refractivity (Wildman–Crippen MR) is 84.8 cm³/mol. The molecular weight excluding hydrogens is 286 g/mol. The van der Waals surface area contributed by atoms with Crippen LogP contribution in [-0.4, -0.2) is 17.1 Å². The minimum absolute atomic E-state index is 0.308. The summed E-state index contributed by atoms with van der Waals surface area (Å²) in [6.07, 6.45) is 1.58. The second-order valence-electron chi connectivity index (χ2n) is 4.47. The lowest BCUT2D eigenvalue weighted by molar-refractivity contribution is 0.0951. The largest absolute Gasteiger partial charge is 0.349 e. The molecule has 0 unspecified atom stereocenters. The molecule has 5 heteroatoms. The van der Waals surface area contributed by atoms with Crippen LogP contribution in [0.25, 0.3) is 10.9 Å². The molecule has 0 atom stereocenters. The van der Waals surface area contributed by atoms with Gasteiger partial charge in [0.05, 0.1) is 11.2 Å². The van der Waals surface area contributed by atoms with E-state index in [2.05, 4.69) is 15.5 Å². The minimum Gasteiger partial charge on any atom is -0.349 e. The van der Waals surface area contributed by atoms with Crippen molar-refractivity contribution in [3.63, 3.8) is 0 Å². The first-order chi connectivity index (χ1) is 10.3. The number of para-hydroxylation sites is 1. The van der Waals surface area contributed by atoms with Gasteiger partial charge in [0, 0.05) is 10.9 Å². The highest BCUT2D eigenvalue weighted by atomic mass is 35.5. The number of nitrogens with one attached hydrogen (secondary N) is 2. The summed E-state index contributed by atoms with van der Waals surface area (Å²) in [5.74, 6) is -0.372. The topological polar surface area (TPSA) is 57.2 Å². The maximum Gasteiger partial charge on any atom is 0.289 e. The van der Waals surface area contributed by atoms with E-state index >= 15 is 0 Å². The standard InChI is InChI=1S/C16H12ClN3O/c17-14-12-8-4-5-9-13(12)19-15(14)16(21)20-18-10-11-6-2-1-3-7-11/h1-10,19H,(H,20,21). The van der Waals surface area contributed by atoms with Crippen molar-refractivity contribution in [3.05, 3.63) is 70.9 Å². The third-order valence-electron chi connectivity index (χ3n) is 3.05. The first-order valence-corrected chi connectivity index (χ1v) is 6.78. The second-order valence-corrected chi connectivity index (χ2v) is 4.85. The number of hydrogen-bond donors (Lipinski definition) is 2. The monoisotopic (exact) mass is 297 g/mol. The number of rotatable bonds is 3. The molecule has 0 radical (unpaired) electrons. The van der Waals surface area contributed by atoms with Crippen LogP contribution < -0.4 is 5.43 Å². The summed E-state index contributed by atoms with van der Waals surface area (Å²) >= 11 is 6.20. The molecule has 1 heterocycles. The number of amides is 1. The summed E-state index contributed by atoms with van der Waals surface area (Å²) in [4.78, 5) is 15.1. The Morgan fingerprint density at radius 3 is 2.57 bits per heavy atom. The lowest BCUT2D eigenvalue weighted by Crippen LogP contribution is -2.18. The number of H-pyrrole nitrogens is 1. The Morgan fingerprint density at radius 1 is 1.10 bits per heavy atom. The molecule has 3 rings (SSSR count). The third-order valence-corrected chi connectivity index (χ3v) is 3.44. The average molecular weight is 298 g/mol. The number of halogens is 1. The van der Waals surface area contributed by atoms with E-state index in [0.717, 1.165) is 16.5 Å². The van der Waals surface area contributed by atoms with Gasteiger partial charge in [0.15, 0.2) is 0 Å². The summed E-state index contributed by atoms with van der Waals surface area (Å²) in [7, 11) is 0. The highest BCUT2D eigenvalue weighted by Crippen LogP contribution is 2.26. The average Bonchev–Trinajstić information content (AvgIpc) is 2.86. The van der Waals surface area contributed by atoms with Crippen molar-refractivity contribution >= 4 is 34.6 Å². The molecule has 2 aromatic carbocycles. The van der Waals surface area contributed by atoms with Gasteiger partial charge in [-0.15, -0.1) is 0 Å². The van der Waals surface area contributed by atoms with Gasteiger partial charge in [0.25, 0.3) is 5.91 Å². The summed E-state index contributed by atoms with van der Waals surface area (Å²) in [6, 6.07) is 17.0. The Kier molecular flexibility index (Phi) is 3.71. The van der Waals surface area contributed by atoms with Crippen LogP contribution in [0.1, 0.15) is 16.1 Å². The summed E-state index contributed by atoms with van der Waals surface area (Å²) in [6.45, 7) is 0. The lowest BCUT2D eigenvalue weighted by Gasteiger charge is -1.97. The molecule has 0 saturated heterocycles. The molecule has 0 spiro atoms. The number of carbonyl (C=O) groups is 1. The van der Waals surface area contributed by atoms with E-state index in [9.17, 15) is 4.79 Å². The van der Waals surface area contributed by atoms with Gasteiger partial charge in [-0.3, -0.25) is 4.79 Å². The van der Waals surface area contributed by atoms with Crippen LogP contribution in [0.15, 0.2) is 59.7 Å². The van der Waals surface area contributed by atoms with Gasteiger partial charge in [-0.2, -0.15) is 5.10 Å². The zero-order valence-electron chi connectivity index (χ0n) is 11.0. The fourth-order valence-electron chi connectivity index (χ4n) is 2.02. The Balaban J connectivity index is 1.78. The van der Waals surface area contributed by atoms with E-state index in [-0.39, 0.29) is 5.91 Å². The summed E-state index contributed by atoms with van der Waals surface area (Å²) in [5, 5.41) is 5.14. The molecule has 1 amide bonds. The summed E-state index contributed by atoms with van der Waals surface area (Å²) in [5.41, 5.74) is 4.49. The maximum absolute atomic E-state index is 12.1. The van der Waals surface area contributed by atoms with Crippen molar-refractivity contribution in [2.45, 2.75) is 0 Å². The van der Waals surface area contributed by atoms with Gasteiger partial charge < -0.3 is 4.98 Å². The quantitative estimate of drug-likeness (QED) is 0.563. The van der Waals surface area contributed by atoms with Crippen LogP contribution in [0.5, 0.6) is 0 Å². The van der Waals surface area contributed by atoms with Crippen LogP contribution in [0.2, 0.25) is 5.02 Å². The molecule has 0 aliphatic carbocycles. The first kappa shape index (κ1) is 13.4. The van der Waals surface area contributed by atoms with Gasteiger partial charge in [0.2, 0.25) is 0 Å². The molecule has 21 heavy (non-hydrogen) atoms. The van der Waals surface area contributed by atoms with Crippen molar-refractivity contribution in [1.29, 1.82) is 0 Å². The Morgan fingerprint density at radius 2 is 1.81 bits per heavy atom. The van der Waals surface area contributed by atoms with Crippen molar-refractivity contribution in [3.8, 4) is 0 Å². The van der Waals surface area contributed by atoms with Crippen molar-refractivity contribution in [1.82, 2.24) is 10.4 Å². The molecule has 0 bridgehead atoms. The van der Waals surface area contributed by atoms with Gasteiger partial charge in [-0.05, 0) is 11.6 Å². The van der Waals surface area contributed by atoms with Crippen molar-refractivity contribution in [2.75, 3.05) is 0 Å². The van der Waals surface area contributed by atoms with E-state index in [0.29, 0.717) is 10.7 Å². The number of nitrogens with zero attached hydrogens (tertiary/aromatic N) is 1. The highest BCUT2D eigenvalue weighted by Gasteiger charge is 2.15. The van der Waals surface area contributed by atoms with Gasteiger partial charge in [-0.1, -0.05) is 60.1 Å². The van der Waals surface area contributed by atoms with Crippen molar-refractivity contribution in [2.24, 2.45) is 5.10 Å². The Labute approximate surface area is 126 Å². The predicted octanol–water partition coefficient (Wildman–Crippen LogP) is 3.59. The Bertz CT molecular complexity index is 809. The molecular formula is C16H12ClN3O. The highest BCUT2D eigenvalue weighted by molar-refractivity contribution is 6.38. The zero-order chi connectivity index (χ0) is 14.7. The van der Waals surface area contributed by atoms with Gasteiger partial charge >= 0.3 is 0 Å². The smallest absolute Gasteiger partial charge is 0.289 e. The number of carbonyl (C=O) groups excluding carboxylic acids is 1.